The lowest BCUT2D eigenvalue weighted by Gasteiger charge is -2.24. The average Bonchev–Trinajstić information content (AvgIpc) is 3.49. The predicted molar refractivity (Wildman–Crippen MR) is 133 cm³/mol. The van der Waals surface area contributed by atoms with Gasteiger partial charge in [-0.25, -0.2) is 15.0 Å². The second-order valence-corrected chi connectivity index (χ2v) is 9.46. The molecule has 0 spiro atoms. The van der Waals surface area contributed by atoms with Gasteiger partial charge in [0.25, 0.3) is 0 Å². The first-order chi connectivity index (χ1) is 17.5. The van der Waals surface area contributed by atoms with E-state index in [2.05, 4.69) is 15.0 Å². The highest BCUT2D eigenvalue weighted by molar-refractivity contribution is 7.98. The minimum atomic E-state index is -3.12. The summed E-state index contributed by atoms with van der Waals surface area (Å²) in [5, 5.41) is 0. The van der Waals surface area contributed by atoms with Gasteiger partial charge in [-0.3, -0.25) is 4.57 Å². The molecule has 0 amide bonds. The number of thioether (sulfide) groups is 1. The van der Waals surface area contributed by atoms with Crippen molar-refractivity contribution in [1.29, 1.82) is 0 Å². The maximum atomic E-state index is 11.2. The lowest BCUT2D eigenvalue weighted by atomic mass is 10.1. The van der Waals surface area contributed by atoms with Crippen LogP contribution in [0.1, 0.15) is 11.6 Å². The molecule has 36 heavy (non-hydrogen) atoms. The van der Waals surface area contributed by atoms with E-state index in [1.165, 1.54) is 18.1 Å². The van der Waals surface area contributed by atoms with E-state index >= 15 is 0 Å². The number of hydrogen-bond acceptors (Lipinski definition) is 12. The minimum Gasteiger partial charge on any atom is -0.496 e. The summed E-state index contributed by atoms with van der Waals surface area (Å²) >= 11 is 1.50. The Balaban J connectivity index is 1.49. The molecule has 3 aromatic rings. The van der Waals surface area contributed by atoms with Crippen molar-refractivity contribution >= 4 is 37.0 Å². The van der Waals surface area contributed by atoms with Gasteiger partial charge in [0.05, 0.1) is 52.9 Å². The van der Waals surface area contributed by atoms with E-state index in [0.29, 0.717) is 34.2 Å². The number of aromatic nitrogens is 4. The van der Waals surface area contributed by atoms with Gasteiger partial charge in [-0.2, -0.15) is 0 Å². The van der Waals surface area contributed by atoms with Crippen molar-refractivity contribution in [3.05, 3.63) is 30.4 Å². The maximum absolute atomic E-state index is 11.2. The Morgan fingerprint density at radius 3 is 2.61 bits per heavy atom. The molecule has 0 radical (unpaired) electrons. The molecule has 1 saturated heterocycles. The average molecular weight is 542 g/mol. The van der Waals surface area contributed by atoms with Crippen LogP contribution in [0.2, 0.25) is 0 Å². The van der Waals surface area contributed by atoms with Crippen molar-refractivity contribution in [2.45, 2.75) is 24.0 Å². The zero-order chi connectivity index (χ0) is 25.7. The molecule has 4 atom stereocenters. The molecule has 3 N–H and O–H groups in total. The van der Waals surface area contributed by atoms with Gasteiger partial charge in [0.1, 0.15) is 41.3 Å². The van der Waals surface area contributed by atoms with Crippen LogP contribution >= 0.6 is 20.0 Å². The van der Waals surface area contributed by atoms with Crippen LogP contribution in [0.25, 0.3) is 11.2 Å². The smallest absolute Gasteiger partial charge is 0.316 e. The molecule has 1 fully saturated rings. The van der Waals surface area contributed by atoms with E-state index in [-0.39, 0.29) is 31.0 Å². The van der Waals surface area contributed by atoms with Crippen LogP contribution in [0.5, 0.6) is 17.2 Å². The van der Waals surface area contributed by atoms with Gasteiger partial charge in [-0.1, -0.05) is 0 Å². The van der Waals surface area contributed by atoms with E-state index < -0.39 is 20.5 Å². The van der Waals surface area contributed by atoms with Gasteiger partial charge in [0.15, 0.2) is 11.5 Å². The molecular weight excluding hydrogens is 513 g/mol. The number of methoxy groups -OCH3 is 3. The van der Waals surface area contributed by atoms with E-state index in [9.17, 15) is 4.57 Å². The van der Waals surface area contributed by atoms with E-state index in [1.54, 1.807) is 39.8 Å². The highest BCUT2D eigenvalue weighted by Crippen LogP contribution is 2.37. The Labute approximate surface area is 212 Å². The van der Waals surface area contributed by atoms with Crippen molar-refractivity contribution in [1.82, 2.24) is 19.5 Å². The number of nitrogen functional groups attached to an aromatic ring is 1. The van der Waals surface area contributed by atoms with Crippen molar-refractivity contribution in [2.75, 3.05) is 46.2 Å². The zero-order valence-electron chi connectivity index (χ0n) is 19.9. The molecule has 13 nitrogen and oxygen atoms in total. The molecule has 0 saturated carbocycles. The molecule has 15 heteroatoms. The first kappa shape index (κ1) is 26.5. The van der Waals surface area contributed by atoms with Gasteiger partial charge < -0.3 is 43.4 Å². The summed E-state index contributed by atoms with van der Waals surface area (Å²) in [6.07, 6.45) is 1.90. The summed E-state index contributed by atoms with van der Waals surface area (Å²) < 4.78 is 46.4. The van der Waals surface area contributed by atoms with E-state index in [4.69, 9.17) is 38.8 Å². The van der Waals surface area contributed by atoms with Gasteiger partial charge in [-0.15, -0.1) is 11.8 Å². The second kappa shape index (κ2) is 12.1. The molecule has 1 aliphatic rings. The Bertz CT molecular complexity index is 1190. The number of nitrogens with zero attached hydrogens (tertiary/aromatic N) is 4. The monoisotopic (exact) mass is 541 g/mol. The molecule has 3 heterocycles. The summed E-state index contributed by atoms with van der Waals surface area (Å²) in [5.74, 6) is 3.01. The number of rotatable bonds is 12. The molecular formula is C21H28N5O8PS. The Kier molecular flexibility index (Phi) is 8.88. The first-order valence-corrected chi connectivity index (χ1v) is 13.3. The third-order valence-electron chi connectivity index (χ3n) is 5.75. The van der Waals surface area contributed by atoms with Crippen molar-refractivity contribution in [3.8, 4) is 17.2 Å². The Hall–Kier alpha value is -2.61. The second-order valence-electron chi connectivity index (χ2n) is 7.71. The number of hydrogen-bond donors (Lipinski definition) is 2. The quantitative estimate of drug-likeness (QED) is 0.195. The van der Waals surface area contributed by atoms with Gasteiger partial charge in [-0.05, 0) is 0 Å². The molecule has 0 aliphatic carbocycles. The third kappa shape index (κ3) is 5.69. The van der Waals surface area contributed by atoms with E-state index in [0.717, 1.165) is 5.56 Å². The van der Waals surface area contributed by atoms with Crippen molar-refractivity contribution in [2.24, 2.45) is 0 Å². The summed E-state index contributed by atoms with van der Waals surface area (Å²) in [5.41, 5.74) is 7.81. The molecule has 1 aliphatic heterocycles. The first-order valence-electron chi connectivity index (χ1n) is 10.8. The summed E-state index contributed by atoms with van der Waals surface area (Å²) in [4.78, 5) is 21.8. The Morgan fingerprint density at radius 1 is 1.19 bits per heavy atom. The van der Waals surface area contributed by atoms with Crippen LogP contribution in [0, 0.1) is 0 Å². The minimum absolute atomic E-state index is 0.0932. The number of anilines is 1. The summed E-state index contributed by atoms with van der Waals surface area (Å²) in [6.45, 7) is 0.176. The van der Waals surface area contributed by atoms with Crippen LogP contribution in [0.4, 0.5) is 5.82 Å². The predicted octanol–water partition coefficient (Wildman–Crippen LogP) is 2.05. The van der Waals surface area contributed by atoms with Crippen LogP contribution in [0.15, 0.2) is 24.8 Å². The largest absolute Gasteiger partial charge is 0.496 e. The van der Waals surface area contributed by atoms with Gasteiger partial charge in [0, 0.05) is 23.4 Å². The molecule has 0 bridgehead atoms. The molecule has 196 valence electrons. The van der Waals surface area contributed by atoms with Gasteiger partial charge >= 0.3 is 8.25 Å². The fourth-order valence-corrected chi connectivity index (χ4v) is 5.15. The van der Waals surface area contributed by atoms with Crippen LogP contribution < -0.4 is 19.9 Å². The van der Waals surface area contributed by atoms with Crippen LogP contribution in [-0.4, -0.2) is 77.1 Å². The highest BCUT2D eigenvalue weighted by atomic mass is 32.2. The molecule has 1 aromatic carbocycles. The number of benzene rings is 1. The molecule has 1 unspecified atom stereocenters. The summed E-state index contributed by atoms with van der Waals surface area (Å²) in [7, 11) is 1.63. The maximum Gasteiger partial charge on any atom is 0.316 e. The summed E-state index contributed by atoms with van der Waals surface area (Å²) in [6, 6.07) is 3.27. The van der Waals surface area contributed by atoms with Crippen molar-refractivity contribution in [3.63, 3.8) is 0 Å². The standard InChI is InChI=1S/C21H28N5O8PS/c1-29-12-4-15(30-2)13(16(5-12)31-3)8-36-11-33-19-14(6-32-17(19)7-34-35(27)28)26-10-25-18-20(22)23-9-24-21(18)26/h4-5,9-10,14,17,19,35H,6-8,11H2,1-3H3,(H,27,28)(H2,22,23,24)/t14-,17-,19+/m1/s1. The number of ether oxygens (including phenoxy) is 5. The lowest BCUT2D eigenvalue weighted by Crippen LogP contribution is -2.34. The van der Waals surface area contributed by atoms with Crippen LogP contribution in [0.3, 0.4) is 0 Å². The topological polar surface area (TPSA) is 162 Å². The lowest BCUT2D eigenvalue weighted by molar-refractivity contribution is -0.0184. The van der Waals surface area contributed by atoms with E-state index in [1.807, 2.05) is 4.57 Å². The number of fused-ring (bicyclic) bond motifs is 1. The fraction of sp³-hybridized carbons (Fsp3) is 0.476. The number of nitrogens with two attached hydrogens (primary N) is 1. The normalized spacial score (nSPS) is 20.5. The van der Waals surface area contributed by atoms with Crippen LogP contribution in [-0.2, 0) is 24.3 Å². The van der Waals surface area contributed by atoms with Gasteiger partial charge in [0.2, 0.25) is 0 Å². The fourth-order valence-electron chi connectivity index (χ4n) is 4.02. The zero-order valence-corrected chi connectivity index (χ0v) is 21.8. The third-order valence-corrected chi connectivity index (χ3v) is 6.96. The highest BCUT2D eigenvalue weighted by Gasteiger charge is 2.40. The molecule has 4 rings (SSSR count). The Morgan fingerprint density at radius 2 is 1.94 bits per heavy atom. The van der Waals surface area contributed by atoms with Crippen molar-refractivity contribution < 1.29 is 37.7 Å². The number of imidazole rings is 1. The molecule has 2 aromatic heterocycles. The SMILES string of the molecule is COc1cc(OC)c(CSCO[C@H]2[C@H](n3cnc4c(N)ncnc43)CO[C@@H]2CO[PH](=O)O)c(OC)c1.